The van der Waals surface area contributed by atoms with E-state index in [0.29, 0.717) is 11.1 Å². The monoisotopic (exact) mass is 1420 g/mol. The van der Waals surface area contributed by atoms with Gasteiger partial charge in [-0.2, -0.15) is 0 Å². The number of aromatic nitrogens is 4. The molecule has 0 atom stereocenters. The first-order valence-corrected chi connectivity index (χ1v) is 38.7. The van der Waals surface area contributed by atoms with Gasteiger partial charge >= 0.3 is 0 Å². The molecule has 0 unspecified atom stereocenters. The SMILES string of the molecule is Cc1cc(-c2c(C)ccc3c2C(C)(C)c2ccccc2S3)[n+](C)cc1C.Cc1ccc(-c2c(C)ccc3c2C(C)(C)c2ccccc2S3)[n+](C)c1.[2H]C([2H])([2H])c1c[n+](C)c(-c2c(C)ccc3c2C(C)(C)c2ccccc2S3)cc1C.[2H]C([2H])([2H])c1ccc(-c2c(C)ccc3c2C(C)(C)c2ccccc2S3)[n+](C)c1. The highest BCUT2D eigenvalue weighted by atomic mass is 32.2. The maximum Gasteiger partial charge on any atom is 0.213 e. The van der Waals surface area contributed by atoms with E-state index in [1.54, 1.807) is 18.5 Å². The van der Waals surface area contributed by atoms with Crippen molar-refractivity contribution >= 4 is 47.0 Å². The van der Waals surface area contributed by atoms with Gasteiger partial charge in [0.2, 0.25) is 22.8 Å². The summed E-state index contributed by atoms with van der Waals surface area (Å²) in [6.07, 6.45) is 7.97. The van der Waals surface area contributed by atoms with Crippen molar-refractivity contribution in [3.8, 4) is 45.0 Å². The third kappa shape index (κ3) is 12.9. The number of benzene rings is 8. The second-order valence-electron chi connectivity index (χ2n) is 30.5. The zero-order valence-electron chi connectivity index (χ0n) is 69.1. The smallest absolute Gasteiger partial charge is 0.201 e. The van der Waals surface area contributed by atoms with Crippen LogP contribution < -0.4 is 18.3 Å². The summed E-state index contributed by atoms with van der Waals surface area (Å²) < 4.78 is 55.1. The van der Waals surface area contributed by atoms with E-state index in [0.717, 1.165) is 17.0 Å². The molecule has 102 heavy (non-hydrogen) atoms. The third-order valence-corrected chi connectivity index (χ3v) is 26.3. The highest BCUT2D eigenvalue weighted by Crippen LogP contribution is 2.57. The normalized spacial score (nSPS) is 15.8. The molecule has 4 aromatic heterocycles. The Bertz CT molecular complexity index is 5610. The minimum absolute atomic E-state index is 0.0174. The van der Waals surface area contributed by atoms with Crippen LogP contribution in [0.2, 0.25) is 0 Å². The van der Waals surface area contributed by atoms with Gasteiger partial charge in [0.05, 0.1) is 22.3 Å². The van der Waals surface area contributed by atoms with Crippen LogP contribution >= 0.6 is 47.0 Å². The Morgan fingerprint density at radius 1 is 0.255 bits per heavy atom. The number of fused-ring (bicyclic) bond motifs is 8. The van der Waals surface area contributed by atoms with Gasteiger partial charge in [0.25, 0.3) is 0 Å². The number of hydrogen-bond acceptors (Lipinski definition) is 4. The molecule has 8 aromatic carbocycles. The van der Waals surface area contributed by atoms with E-state index in [-0.39, 0.29) is 21.7 Å². The third-order valence-electron chi connectivity index (χ3n) is 21.8. The summed E-state index contributed by atoms with van der Waals surface area (Å²) in [5.41, 5.74) is 31.2. The standard InChI is InChI=1S/2C24H26NS.2C23H24NS/c2*1-15-11-12-21-23(22(15)19-13-16(2)17(3)14-25(19)6)24(4,5)18-9-7-8-10-20(18)26-21;2*1-15-10-12-18(24(5)14-15)21-16(2)11-13-20-22(21)23(3,4)17-8-6-7-9-19(17)25-20/h2*7-14H,1-6H3;2*6-14H,1-5H3/q4*+1/i3D3;;1D3;. The fourth-order valence-electron chi connectivity index (χ4n) is 16.2. The number of pyridine rings is 4. The van der Waals surface area contributed by atoms with Crippen molar-refractivity contribution in [2.75, 3.05) is 0 Å². The quantitative estimate of drug-likeness (QED) is 0.163. The van der Waals surface area contributed by atoms with E-state index in [1.165, 1.54) is 156 Å². The average molecular weight is 1420 g/mol. The van der Waals surface area contributed by atoms with Crippen molar-refractivity contribution in [1.82, 2.24) is 0 Å². The molecule has 4 aliphatic heterocycles. The highest BCUT2D eigenvalue weighted by Gasteiger charge is 2.42. The van der Waals surface area contributed by atoms with Crippen LogP contribution in [0.4, 0.5) is 0 Å². The molecule has 16 rings (SSSR count). The molecule has 516 valence electrons. The van der Waals surface area contributed by atoms with Crippen LogP contribution in [0.3, 0.4) is 0 Å². The summed E-state index contributed by atoms with van der Waals surface area (Å²) in [4.78, 5) is 10.7. The van der Waals surface area contributed by atoms with E-state index in [2.05, 4.69) is 303 Å². The first-order valence-electron chi connectivity index (χ1n) is 38.4. The summed E-state index contributed by atoms with van der Waals surface area (Å²) in [6.45, 7) is 31.6. The first kappa shape index (κ1) is 64.6. The Hall–Kier alpha value is -8.24. The molecule has 4 nitrogen and oxygen atoms in total. The van der Waals surface area contributed by atoms with E-state index in [4.69, 9.17) is 8.22 Å². The van der Waals surface area contributed by atoms with Crippen molar-refractivity contribution in [2.24, 2.45) is 28.2 Å². The van der Waals surface area contributed by atoms with Gasteiger partial charge in [0.1, 0.15) is 28.2 Å². The van der Waals surface area contributed by atoms with Crippen LogP contribution in [0, 0.1) is 69.1 Å². The molecule has 12 aromatic rings. The van der Waals surface area contributed by atoms with Crippen molar-refractivity contribution < 1.29 is 26.5 Å². The van der Waals surface area contributed by atoms with Gasteiger partial charge in [-0.1, -0.05) is 199 Å². The maximum atomic E-state index is 7.84. The molecule has 8 heteroatoms. The zero-order valence-corrected chi connectivity index (χ0v) is 66.3. The summed E-state index contributed by atoms with van der Waals surface area (Å²) in [7, 11) is 8.19. The minimum atomic E-state index is -2.11. The van der Waals surface area contributed by atoms with Gasteiger partial charge in [-0.3, -0.25) is 0 Å². The Labute approximate surface area is 634 Å². The Kier molecular flexibility index (Phi) is 17.6. The maximum absolute atomic E-state index is 7.84. The molecule has 0 saturated heterocycles. The van der Waals surface area contributed by atoms with Crippen LogP contribution in [-0.4, -0.2) is 0 Å². The lowest BCUT2D eigenvalue weighted by Gasteiger charge is -2.36. The van der Waals surface area contributed by atoms with Crippen LogP contribution in [-0.2, 0) is 49.9 Å². The fourth-order valence-corrected chi connectivity index (χ4v) is 21.8. The lowest BCUT2D eigenvalue weighted by Crippen LogP contribution is -2.34. The largest absolute Gasteiger partial charge is 0.213 e. The molecule has 0 saturated carbocycles. The predicted octanol–water partition coefficient (Wildman–Crippen LogP) is 23.0. The van der Waals surface area contributed by atoms with Crippen molar-refractivity contribution in [3.63, 3.8) is 0 Å². The number of nitrogens with zero attached hydrogens (tertiary/aromatic N) is 4. The molecule has 0 aliphatic carbocycles. The topological polar surface area (TPSA) is 15.5 Å². The molecule has 8 heterocycles. The Morgan fingerprint density at radius 2 is 0.529 bits per heavy atom. The van der Waals surface area contributed by atoms with Crippen molar-refractivity contribution in [3.05, 3.63) is 307 Å². The predicted molar refractivity (Wildman–Crippen MR) is 430 cm³/mol. The number of hydrogen-bond donors (Lipinski definition) is 0. The van der Waals surface area contributed by atoms with Gasteiger partial charge in [-0.15, -0.1) is 0 Å². The van der Waals surface area contributed by atoms with Crippen LogP contribution in [0.1, 0.15) is 164 Å². The molecular formula is C94H100N4S4+4. The molecule has 0 bridgehead atoms. The van der Waals surface area contributed by atoms with Gasteiger partial charge in [-0.25, -0.2) is 18.3 Å². The number of rotatable bonds is 4. The van der Waals surface area contributed by atoms with Gasteiger partial charge in [-0.05, 0) is 208 Å². The first-order chi connectivity index (χ1) is 50.8. The molecule has 0 N–H and O–H groups in total. The number of aryl methyl sites for hydroxylation is 14. The van der Waals surface area contributed by atoms with Crippen molar-refractivity contribution in [2.45, 2.75) is 185 Å². The van der Waals surface area contributed by atoms with Crippen LogP contribution in [0.25, 0.3) is 45.0 Å². The van der Waals surface area contributed by atoms with E-state index >= 15 is 0 Å². The second-order valence-corrected chi connectivity index (χ2v) is 34.9. The molecule has 0 spiro atoms. The average Bonchev–Trinajstić information content (AvgIpc) is 0.745. The lowest BCUT2D eigenvalue weighted by molar-refractivity contribution is -0.661. The van der Waals surface area contributed by atoms with Gasteiger partial charge in [0, 0.05) is 116 Å². The fraction of sp³-hybridized carbons (Fsp3) is 0.277. The lowest BCUT2D eigenvalue weighted by atomic mass is 9.74. The molecular weight excluding hydrogens is 1310 g/mol. The highest BCUT2D eigenvalue weighted by molar-refractivity contribution is 8.00. The van der Waals surface area contributed by atoms with E-state index in [1.807, 2.05) is 89.3 Å². The molecule has 0 fully saturated rings. The molecule has 4 aliphatic rings. The minimum Gasteiger partial charge on any atom is -0.201 e. The zero-order chi connectivity index (χ0) is 77.8. The summed E-state index contributed by atoms with van der Waals surface area (Å²) >= 11 is 7.45. The van der Waals surface area contributed by atoms with Crippen LogP contribution in [0.15, 0.2) is 246 Å². The van der Waals surface area contributed by atoms with Crippen molar-refractivity contribution in [1.29, 1.82) is 0 Å². The summed E-state index contributed by atoms with van der Waals surface area (Å²) in [5.74, 6) is 0. The summed E-state index contributed by atoms with van der Waals surface area (Å²) in [6, 6.07) is 65.4. The second kappa shape index (κ2) is 27.8. The Balaban J connectivity index is 0.000000127. The molecule has 0 radical (unpaired) electrons. The van der Waals surface area contributed by atoms with Gasteiger partial charge in [0.15, 0.2) is 24.8 Å². The van der Waals surface area contributed by atoms with Crippen LogP contribution in [0.5, 0.6) is 0 Å². The van der Waals surface area contributed by atoms with Gasteiger partial charge < -0.3 is 0 Å². The molecule has 0 amide bonds. The van der Waals surface area contributed by atoms with E-state index in [9.17, 15) is 0 Å². The summed E-state index contributed by atoms with van der Waals surface area (Å²) in [5, 5.41) is 0. The Morgan fingerprint density at radius 3 is 0.843 bits per heavy atom. The van der Waals surface area contributed by atoms with E-state index < -0.39 is 13.7 Å².